The molecule has 1 atom stereocenters. The van der Waals surface area contributed by atoms with Crippen LogP contribution < -0.4 is 0 Å². The maximum Gasteiger partial charge on any atom is 0.313 e. The lowest BCUT2D eigenvalue weighted by molar-refractivity contribution is -0.386. The van der Waals surface area contributed by atoms with E-state index in [2.05, 4.69) is 17.6 Å². The van der Waals surface area contributed by atoms with Crippen LogP contribution in [-0.4, -0.2) is 26.7 Å². The molecule has 1 N–H and O–H groups in total. The number of hydrogen-bond donors (Lipinski definition) is 2. The first kappa shape index (κ1) is 11.4. The second-order valence-electron chi connectivity index (χ2n) is 2.74. The number of carbonyl (C=O) groups is 1. The Labute approximate surface area is 90.5 Å². The fourth-order valence-corrected chi connectivity index (χ4v) is 1.44. The van der Waals surface area contributed by atoms with Crippen LogP contribution in [0, 0.1) is 10.1 Å². The number of aliphatic carboxylic acids is 1. The normalized spacial score (nSPS) is 12.1. The number of thiol groups is 1. The maximum absolute atomic E-state index is 10.8. The van der Waals surface area contributed by atoms with Crippen molar-refractivity contribution in [1.29, 1.82) is 0 Å². The third-order valence-corrected chi connectivity index (χ3v) is 2.19. The van der Waals surface area contributed by atoms with Crippen LogP contribution >= 0.6 is 12.6 Å². The lowest BCUT2D eigenvalue weighted by atomic mass is 10.1. The van der Waals surface area contributed by atoms with E-state index in [4.69, 9.17) is 5.11 Å². The van der Waals surface area contributed by atoms with Gasteiger partial charge in [-0.15, -0.1) is 0 Å². The molecule has 15 heavy (non-hydrogen) atoms. The van der Waals surface area contributed by atoms with E-state index >= 15 is 0 Å². The standard InChI is InChI=1S/C8H8N2O4S/c11-8(12)5(4-15)7-6(10(13)14)2-1-3-9-7/h1-3,5,15H,4H2,(H,11,12). The minimum Gasteiger partial charge on any atom is -0.481 e. The first-order chi connectivity index (χ1) is 7.07. The lowest BCUT2D eigenvalue weighted by Gasteiger charge is -2.08. The average Bonchev–Trinajstić information content (AvgIpc) is 2.18. The number of aromatic nitrogens is 1. The van der Waals surface area contributed by atoms with Gasteiger partial charge in [-0.1, -0.05) is 0 Å². The van der Waals surface area contributed by atoms with Crippen molar-refractivity contribution >= 4 is 24.3 Å². The van der Waals surface area contributed by atoms with E-state index in [1.165, 1.54) is 18.3 Å². The number of carboxylic acid groups (broad SMARTS) is 1. The van der Waals surface area contributed by atoms with Crippen LogP contribution in [0.3, 0.4) is 0 Å². The quantitative estimate of drug-likeness (QED) is 0.457. The molecule has 80 valence electrons. The summed E-state index contributed by atoms with van der Waals surface area (Å²) in [5.41, 5.74) is -0.357. The number of carboxylic acids is 1. The number of nitro groups is 1. The molecular weight excluding hydrogens is 220 g/mol. The molecule has 0 aromatic carbocycles. The molecule has 6 nitrogen and oxygen atoms in total. The minimum absolute atomic E-state index is 0.0345. The van der Waals surface area contributed by atoms with Crippen molar-refractivity contribution in [3.8, 4) is 0 Å². The summed E-state index contributed by atoms with van der Waals surface area (Å²) in [6.07, 6.45) is 1.32. The molecule has 0 bridgehead atoms. The lowest BCUT2D eigenvalue weighted by Crippen LogP contribution is -2.16. The summed E-state index contributed by atoms with van der Waals surface area (Å²) in [7, 11) is 0. The molecule has 0 saturated heterocycles. The van der Waals surface area contributed by atoms with Gasteiger partial charge >= 0.3 is 5.97 Å². The highest BCUT2D eigenvalue weighted by atomic mass is 32.1. The molecule has 0 amide bonds. The van der Waals surface area contributed by atoms with Gasteiger partial charge in [0, 0.05) is 18.0 Å². The van der Waals surface area contributed by atoms with Crippen molar-refractivity contribution in [2.24, 2.45) is 0 Å². The predicted octanol–water partition coefficient (Wildman–Crippen LogP) is 1.09. The summed E-state index contributed by atoms with van der Waals surface area (Å²) < 4.78 is 0. The zero-order chi connectivity index (χ0) is 11.4. The number of pyridine rings is 1. The smallest absolute Gasteiger partial charge is 0.313 e. The molecule has 0 spiro atoms. The number of hydrogen-bond acceptors (Lipinski definition) is 5. The Bertz CT molecular complexity index is 396. The van der Waals surface area contributed by atoms with Gasteiger partial charge in [-0.3, -0.25) is 19.9 Å². The molecule has 0 aliphatic rings. The molecule has 0 radical (unpaired) electrons. The molecule has 1 aromatic heterocycles. The van der Waals surface area contributed by atoms with Gasteiger partial charge in [-0.25, -0.2) is 0 Å². The summed E-state index contributed by atoms with van der Waals surface area (Å²) in [6.45, 7) is 0. The third-order valence-electron chi connectivity index (χ3n) is 1.82. The first-order valence-electron chi connectivity index (χ1n) is 4.01. The molecule has 0 aliphatic carbocycles. The molecule has 7 heteroatoms. The molecule has 1 unspecified atom stereocenters. The van der Waals surface area contributed by atoms with Crippen molar-refractivity contribution < 1.29 is 14.8 Å². The van der Waals surface area contributed by atoms with Crippen LogP contribution in [0.15, 0.2) is 18.3 Å². The fourth-order valence-electron chi connectivity index (χ4n) is 1.11. The SMILES string of the molecule is O=C(O)C(CS)c1ncccc1[N+](=O)[O-]. The number of rotatable bonds is 4. The van der Waals surface area contributed by atoms with E-state index in [1.54, 1.807) is 0 Å². The van der Waals surface area contributed by atoms with Crippen LogP contribution in [0.25, 0.3) is 0 Å². The molecule has 1 heterocycles. The van der Waals surface area contributed by atoms with Gasteiger partial charge in [0.05, 0.1) is 4.92 Å². The van der Waals surface area contributed by atoms with Crippen LogP contribution in [-0.2, 0) is 4.79 Å². The summed E-state index contributed by atoms with van der Waals surface area (Å²) in [5, 5.41) is 19.4. The first-order valence-corrected chi connectivity index (χ1v) is 4.64. The van der Waals surface area contributed by atoms with E-state index in [-0.39, 0.29) is 17.1 Å². The largest absolute Gasteiger partial charge is 0.481 e. The van der Waals surface area contributed by atoms with Crippen molar-refractivity contribution in [2.75, 3.05) is 5.75 Å². The highest BCUT2D eigenvalue weighted by Crippen LogP contribution is 2.24. The van der Waals surface area contributed by atoms with Crippen molar-refractivity contribution in [3.63, 3.8) is 0 Å². The molecule has 0 fully saturated rings. The van der Waals surface area contributed by atoms with Crippen LogP contribution in [0.5, 0.6) is 0 Å². The summed E-state index contributed by atoms with van der Waals surface area (Å²) in [6, 6.07) is 2.61. The van der Waals surface area contributed by atoms with Gasteiger partial charge in [0.25, 0.3) is 5.69 Å². The predicted molar refractivity (Wildman–Crippen MR) is 55.1 cm³/mol. The topological polar surface area (TPSA) is 93.3 Å². The summed E-state index contributed by atoms with van der Waals surface area (Å²) >= 11 is 3.84. The Balaban J connectivity index is 3.22. The van der Waals surface area contributed by atoms with Gasteiger partial charge in [-0.2, -0.15) is 12.6 Å². The van der Waals surface area contributed by atoms with Crippen LogP contribution in [0.2, 0.25) is 0 Å². The van der Waals surface area contributed by atoms with Crippen LogP contribution in [0.1, 0.15) is 11.6 Å². The molecular formula is C8H8N2O4S. The van der Waals surface area contributed by atoms with Crippen molar-refractivity contribution in [1.82, 2.24) is 4.98 Å². The average molecular weight is 228 g/mol. The minimum atomic E-state index is -1.17. The second kappa shape index (κ2) is 4.74. The molecule has 1 aromatic rings. The van der Waals surface area contributed by atoms with Gasteiger partial charge in [0.15, 0.2) is 0 Å². The van der Waals surface area contributed by atoms with E-state index in [0.717, 1.165) is 0 Å². The third kappa shape index (κ3) is 2.44. The van der Waals surface area contributed by atoms with E-state index in [9.17, 15) is 14.9 Å². The van der Waals surface area contributed by atoms with Gasteiger partial charge in [0.1, 0.15) is 11.6 Å². The Morgan fingerprint density at radius 1 is 1.73 bits per heavy atom. The van der Waals surface area contributed by atoms with Crippen molar-refractivity contribution in [2.45, 2.75) is 5.92 Å². The van der Waals surface area contributed by atoms with Gasteiger partial charge < -0.3 is 5.11 Å². The monoisotopic (exact) mass is 228 g/mol. The second-order valence-corrected chi connectivity index (χ2v) is 3.10. The van der Waals surface area contributed by atoms with E-state index in [0.29, 0.717) is 0 Å². The van der Waals surface area contributed by atoms with Gasteiger partial charge in [0.2, 0.25) is 0 Å². The molecule has 0 aliphatic heterocycles. The molecule has 1 rings (SSSR count). The highest BCUT2D eigenvalue weighted by molar-refractivity contribution is 7.80. The highest BCUT2D eigenvalue weighted by Gasteiger charge is 2.27. The Hall–Kier alpha value is -1.63. The zero-order valence-electron chi connectivity index (χ0n) is 7.53. The van der Waals surface area contributed by atoms with Crippen molar-refractivity contribution in [3.05, 3.63) is 34.1 Å². The Morgan fingerprint density at radius 3 is 2.87 bits per heavy atom. The fraction of sp³-hybridized carbons (Fsp3) is 0.250. The zero-order valence-corrected chi connectivity index (χ0v) is 8.42. The van der Waals surface area contributed by atoms with Crippen LogP contribution in [0.4, 0.5) is 5.69 Å². The molecule has 0 saturated carbocycles. The Morgan fingerprint density at radius 2 is 2.40 bits per heavy atom. The Kier molecular flexibility index (Phi) is 3.62. The summed E-state index contributed by atoms with van der Waals surface area (Å²) in [4.78, 5) is 24.5. The number of nitrogens with zero attached hydrogens (tertiary/aromatic N) is 2. The van der Waals surface area contributed by atoms with E-state index < -0.39 is 16.8 Å². The summed E-state index contributed by atoms with van der Waals surface area (Å²) in [5.74, 6) is -2.27. The maximum atomic E-state index is 10.8. The van der Waals surface area contributed by atoms with Gasteiger partial charge in [-0.05, 0) is 6.07 Å². The van der Waals surface area contributed by atoms with E-state index in [1.807, 2.05) is 0 Å².